The number of nitrogens with zero attached hydrogens (tertiary/aromatic N) is 2. The van der Waals surface area contributed by atoms with Gasteiger partial charge >= 0.3 is 12.3 Å². The Morgan fingerprint density at radius 1 is 1.28 bits per heavy atom. The second-order valence-corrected chi connectivity index (χ2v) is 6.21. The highest BCUT2D eigenvalue weighted by atomic mass is 19.3. The van der Waals surface area contributed by atoms with Crippen LogP contribution in [0.3, 0.4) is 0 Å². The Morgan fingerprint density at radius 3 is 2.66 bits per heavy atom. The first-order valence-corrected chi connectivity index (χ1v) is 8.84. The number of carbonyl (C=O) groups is 1. The lowest BCUT2D eigenvalue weighted by molar-refractivity contribution is -0.0498. The summed E-state index contributed by atoms with van der Waals surface area (Å²) in [5.74, 6) is -0.453. The van der Waals surface area contributed by atoms with Gasteiger partial charge in [-0.1, -0.05) is 19.1 Å². The Bertz CT molecular complexity index is 1140. The van der Waals surface area contributed by atoms with E-state index >= 15 is 0 Å². The molecule has 0 bridgehead atoms. The maximum Gasteiger partial charge on any atom is 0.387 e. The van der Waals surface area contributed by atoms with Crippen molar-refractivity contribution in [3.63, 3.8) is 0 Å². The van der Waals surface area contributed by atoms with Crippen LogP contribution in [0.2, 0.25) is 0 Å². The third-order valence-corrected chi connectivity index (χ3v) is 4.14. The molecule has 10 heteroatoms. The summed E-state index contributed by atoms with van der Waals surface area (Å²) in [6, 6.07) is 7.22. The average molecular weight is 404 g/mol. The standard InChI is InChI=1S/C19H18F2N4O4/c1-2-7-25-15-14(17(27)24-19(25)28)8-12(10-22-15)16(26)23-9-11-3-5-13(6-4-11)29-18(20)21/h3-6,8,10,18H,2,7,9H2,1H3,(H,23,26)(H,24,27,28). The number of hydrogen-bond acceptors (Lipinski definition) is 5. The Labute approximate surface area is 163 Å². The monoisotopic (exact) mass is 404 g/mol. The van der Waals surface area contributed by atoms with Crippen LogP contribution < -0.4 is 21.3 Å². The number of H-pyrrole nitrogens is 1. The van der Waals surface area contributed by atoms with Gasteiger partial charge in [-0.15, -0.1) is 0 Å². The molecule has 2 aromatic heterocycles. The Hall–Kier alpha value is -3.56. The molecule has 29 heavy (non-hydrogen) atoms. The van der Waals surface area contributed by atoms with Gasteiger partial charge in [-0.25, -0.2) is 9.78 Å². The van der Waals surface area contributed by atoms with E-state index < -0.39 is 23.8 Å². The molecule has 0 atom stereocenters. The minimum atomic E-state index is -2.90. The lowest BCUT2D eigenvalue weighted by Gasteiger charge is -2.09. The molecule has 1 aromatic carbocycles. The van der Waals surface area contributed by atoms with E-state index in [1.807, 2.05) is 6.92 Å². The summed E-state index contributed by atoms with van der Waals surface area (Å²) in [5, 5.41) is 2.80. The molecule has 152 valence electrons. The lowest BCUT2D eigenvalue weighted by Crippen LogP contribution is -2.31. The summed E-state index contributed by atoms with van der Waals surface area (Å²) in [6.07, 6.45) is 1.97. The van der Waals surface area contributed by atoms with E-state index in [4.69, 9.17) is 0 Å². The third kappa shape index (κ3) is 4.65. The predicted octanol–water partition coefficient (Wildman–Crippen LogP) is 2.03. The number of fused-ring (bicyclic) bond motifs is 1. The summed E-state index contributed by atoms with van der Waals surface area (Å²) >= 11 is 0. The number of aromatic nitrogens is 3. The number of benzene rings is 1. The van der Waals surface area contributed by atoms with Gasteiger partial charge < -0.3 is 10.1 Å². The molecular formula is C19H18F2N4O4. The van der Waals surface area contributed by atoms with Gasteiger partial charge in [0.15, 0.2) is 0 Å². The van der Waals surface area contributed by atoms with Gasteiger partial charge in [-0.05, 0) is 30.2 Å². The summed E-state index contributed by atoms with van der Waals surface area (Å²) in [5.41, 5.74) is -0.125. The number of halogens is 2. The molecule has 0 saturated heterocycles. The van der Waals surface area contributed by atoms with Crippen molar-refractivity contribution in [2.24, 2.45) is 0 Å². The van der Waals surface area contributed by atoms with E-state index in [1.54, 1.807) is 12.1 Å². The summed E-state index contributed by atoms with van der Waals surface area (Å²) in [6.45, 7) is -0.497. The van der Waals surface area contributed by atoms with Crippen LogP contribution in [0.25, 0.3) is 11.0 Å². The van der Waals surface area contributed by atoms with E-state index in [1.165, 1.54) is 29.0 Å². The fourth-order valence-corrected chi connectivity index (χ4v) is 2.80. The fraction of sp³-hybridized carbons (Fsp3) is 0.263. The van der Waals surface area contributed by atoms with Crippen molar-refractivity contribution in [2.45, 2.75) is 33.0 Å². The Kier molecular flexibility index (Phi) is 6.01. The van der Waals surface area contributed by atoms with Crippen molar-refractivity contribution in [1.29, 1.82) is 0 Å². The molecule has 8 nitrogen and oxygen atoms in total. The number of alkyl halides is 2. The van der Waals surface area contributed by atoms with E-state index in [-0.39, 0.29) is 28.9 Å². The topological polar surface area (TPSA) is 106 Å². The van der Waals surface area contributed by atoms with Crippen molar-refractivity contribution in [2.75, 3.05) is 0 Å². The van der Waals surface area contributed by atoms with Crippen molar-refractivity contribution in [3.8, 4) is 5.75 Å². The molecule has 0 aliphatic rings. The first kappa shape index (κ1) is 20.2. The quantitative estimate of drug-likeness (QED) is 0.627. The van der Waals surface area contributed by atoms with Crippen LogP contribution in [-0.2, 0) is 13.1 Å². The second-order valence-electron chi connectivity index (χ2n) is 6.21. The SMILES string of the molecule is CCCn1c(=O)[nH]c(=O)c2cc(C(=O)NCc3ccc(OC(F)F)cc3)cnc21. The molecule has 2 N–H and O–H groups in total. The number of rotatable bonds is 7. The van der Waals surface area contributed by atoms with Crippen LogP contribution in [0.1, 0.15) is 29.3 Å². The maximum absolute atomic E-state index is 12.4. The van der Waals surface area contributed by atoms with Crippen molar-refractivity contribution in [3.05, 3.63) is 68.5 Å². The summed E-state index contributed by atoms with van der Waals surface area (Å²) in [7, 11) is 0. The largest absolute Gasteiger partial charge is 0.435 e. The Morgan fingerprint density at radius 2 is 2.00 bits per heavy atom. The first-order chi connectivity index (χ1) is 13.9. The van der Waals surface area contributed by atoms with Crippen LogP contribution in [0, 0.1) is 0 Å². The number of nitrogens with one attached hydrogen (secondary N) is 2. The number of ether oxygens (including phenoxy) is 1. The molecule has 0 spiro atoms. The molecule has 3 rings (SSSR count). The molecule has 1 amide bonds. The van der Waals surface area contributed by atoms with Crippen LogP contribution in [0.5, 0.6) is 5.75 Å². The highest BCUT2D eigenvalue weighted by molar-refractivity contribution is 5.96. The molecule has 2 heterocycles. The van der Waals surface area contributed by atoms with Crippen molar-refractivity contribution >= 4 is 16.9 Å². The summed E-state index contributed by atoms with van der Waals surface area (Å²) < 4.78 is 29.9. The number of hydrogen-bond donors (Lipinski definition) is 2. The predicted molar refractivity (Wildman–Crippen MR) is 101 cm³/mol. The normalized spacial score (nSPS) is 11.0. The highest BCUT2D eigenvalue weighted by Crippen LogP contribution is 2.15. The van der Waals surface area contributed by atoms with Gasteiger partial charge in [0.2, 0.25) is 0 Å². The zero-order valence-electron chi connectivity index (χ0n) is 15.4. The van der Waals surface area contributed by atoms with Gasteiger partial charge in [0, 0.05) is 19.3 Å². The van der Waals surface area contributed by atoms with E-state index in [9.17, 15) is 23.2 Å². The minimum Gasteiger partial charge on any atom is -0.435 e. The van der Waals surface area contributed by atoms with Gasteiger partial charge in [-0.2, -0.15) is 8.78 Å². The molecule has 3 aromatic rings. The number of pyridine rings is 1. The Balaban J connectivity index is 1.77. The molecular weight excluding hydrogens is 386 g/mol. The molecule has 0 aliphatic carbocycles. The number of aryl methyl sites for hydroxylation is 1. The number of aromatic amines is 1. The van der Waals surface area contributed by atoms with Crippen molar-refractivity contribution in [1.82, 2.24) is 19.9 Å². The number of amides is 1. The van der Waals surface area contributed by atoms with Gasteiger partial charge in [0.05, 0.1) is 10.9 Å². The number of carbonyl (C=O) groups excluding carboxylic acids is 1. The smallest absolute Gasteiger partial charge is 0.387 e. The van der Waals surface area contributed by atoms with E-state index in [0.29, 0.717) is 18.5 Å². The second kappa shape index (κ2) is 8.63. The lowest BCUT2D eigenvalue weighted by atomic mass is 10.2. The summed E-state index contributed by atoms with van der Waals surface area (Å²) in [4.78, 5) is 42.8. The van der Waals surface area contributed by atoms with E-state index in [2.05, 4.69) is 20.0 Å². The minimum absolute atomic E-state index is 0.0196. The zero-order chi connectivity index (χ0) is 21.0. The molecule has 0 unspecified atom stereocenters. The maximum atomic E-state index is 12.4. The highest BCUT2D eigenvalue weighted by Gasteiger charge is 2.13. The van der Waals surface area contributed by atoms with E-state index in [0.717, 1.165) is 0 Å². The van der Waals surface area contributed by atoms with Crippen LogP contribution >= 0.6 is 0 Å². The van der Waals surface area contributed by atoms with Crippen molar-refractivity contribution < 1.29 is 18.3 Å². The third-order valence-electron chi connectivity index (χ3n) is 4.14. The molecule has 0 aliphatic heterocycles. The molecule has 0 fully saturated rings. The molecule has 0 saturated carbocycles. The first-order valence-electron chi connectivity index (χ1n) is 8.84. The van der Waals surface area contributed by atoms with Crippen LogP contribution in [0.4, 0.5) is 8.78 Å². The average Bonchev–Trinajstić information content (AvgIpc) is 2.69. The van der Waals surface area contributed by atoms with Gasteiger partial charge in [-0.3, -0.25) is 19.1 Å². The van der Waals surface area contributed by atoms with Crippen LogP contribution in [0.15, 0.2) is 46.1 Å². The van der Waals surface area contributed by atoms with Gasteiger partial charge in [0.25, 0.3) is 11.5 Å². The van der Waals surface area contributed by atoms with Gasteiger partial charge in [0.1, 0.15) is 11.4 Å². The van der Waals surface area contributed by atoms with Crippen LogP contribution in [-0.4, -0.2) is 27.1 Å². The molecule has 0 radical (unpaired) electrons. The fourth-order valence-electron chi connectivity index (χ4n) is 2.80. The zero-order valence-corrected chi connectivity index (χ0v) is 15.4.